The first-order valence-electron chi connectivity index (χ1n) is 6.26. The molecule has 1 aliphatic rings. The fourth-order valence-electron chi connectivity index (χ4n) is 2.36. The smallest absolute Gasteiger partial charge is 0.387 e. The van der Waals surface area contributed by atoms with E-state index < -0.39 is 6.61 Å². The molecule has 1 aromatic carbocycles. The molecule has 1 heterocycles. The Morgan fingerprint density at radius 3 is 2.85 bits per heavy atom. The second-order valence-corrected chi connectivity index (χ2v) is 5.20. The maximum Gasteiger partial charge on any atom is 0.387 e. The first-order valence-corrected chi connectivity index (χ1v) is 6.63. The lowest BCUT2D eigenvalue weighted by molar-refractivity contribution is -0.0508. The predicted molar refractivity (Wildman–Crippen MR) is 77.8 cm³/mol. The molecule has 0 aliphatic carbocycles. The SMILES string of the molecule is Cl.N[C@@H]1CCCN(Cc2cc(Cl)ccc2OC(F)F)C1. The highest BCUT2D eigenvalue weighted by atomic mass is 35.5. The number of benzene rings is 1. The third-order valence-corrected chi connectivity index (χ3v) is 3.41. The van der Waals surface area contributed by atoms with Gasteiger partial charge in [0.15, 0.2) is 0 Å². The summed E-state index contributed by atoms with van der Waals surface area (Å²) in [6.45, 7) is -0.630. The lowest BCUT2D eigenvalue weighted by Crippen LogP contribution is -2.42. The largest absolute Gasteiger partial charge is 0.434 e. The monoisotopic (exact) mass is 326 g/mol. The van der Waals surface area contributed by atoms with Gasteiger partial charge in [-0.1, -0.05) is 11.6 Å². The molecule has 0 saturated carbocycles. The Morgan fingerprint density at radius 2 is 2.20 bits per heavy atom. The van der Waals surface area contributed by atoms with Crippen LogP contribution >= 0.6 is 24.0 Å². The molecule has 1 saturated heterocycles. The van der Waals surface area contributed by atoms with E-state index in [1.807, 2.05) is 0 Å². The Hall–Kier alpha value is -0.620. The highest BCUT2D eigenvalue weighted by Gasteiger charge is 2.19. The summed E-state index contributed by atoms with van der Waals surface area (Å²) < 4.78 is 29.2. The van der Waals surface area contributed by atoms with Crippen molar-refractivity contribution in [1.29, 1.82) is 0 Å². The second kappa shape index (κ2) is 7.98. The first-order chi connectivity index (χ1) is 9.04. The van der Waals surface area contributed by atoms with E-state index in [0.717, 1.165) is 25.9 Å². The summed E-state index contributed by atoms with van der Waals surface area (Å²) in [5.41, 5.74) is 6.58. The van der Waals surface area contributed by atoms with Crippen LogP contribution in [0.2, 0.25) is 5.02 Å². The van der Waals surface area contributed by atoms with Crippen LogP contribution in [0.1, 0.15) is 18.4 Å². The highest BCUT2D eigenvalue weighted by Crippen LogP contribution is 2.26. The molecule has 0 spiro atoms. The van der Waals surface area contributed by atoms with E-state index in [1.54, 1.807) is 12.1 Å². The van der Waals surface area contributed by atoms with Gasteiger partial charge in [-0.2, -0.15) is 8.78 Å². The molecule has 1 aliphatic heterocycles. The number of alkyl halides is 2. The van der Waals surface area contributed by atoms with Gasteiger partial charge in [-0.3, -0.25) is 4.90 Å². The van der Waals surface area contributed by atoms with Gasteiger partial charge in [0.1, 0.15) is 5.75 Å². The van der Waals surface area contributed by atoms with Crippen LogP contribution in [0.15, 0.2) is 18.2 Å². The quantitative estimate of drug-likeness (QED) is 0.922. The Morgan fingerprint density at radius 1 is 1.45 bits per heavy atom. The van der Waals surface area contributed by atoms with Crippen LogP contribution in [0.3, 0.4) is 0 Å². The number of hydrogen-bond donors (Lipinski definition) is 1. The van der Waals surface area contributed by atoms with Crippen molar-refractivity contribution in [2.75, 3.05) is 13.1 Å². The molecule has 0 aromatic heterocycles. The van der Waals surface area contributed by atoms with Crippen LogP contribution in [0.4, 0.5) is 8.78 Å². The molecule has 7 heteroatoms. The van der Waals surface area contributed by atoms with Crippen LogP contribution in [-0.2, 0) is 6.54 Å². The Labute approximate surface area is 128 Å². The summed E-state index contributed by atoms with van der Waals surface area (Å²) in [5, 5.41) is 0.512. The minimum absolute atomic E-state index is 0. The number of nitrogens with zero attached hydrogens (tertiary/aromatic N) is 1. The highest BCUT2D eigenvalue weighted by molar-refractivity contribution is 6.30. The van der Waals surface area contributed by atoms with Crippen LogP contribution in [0.25, 0.3) is 0 Å². The molecule has 2 N–H and O–H groups in total. The molecule has 1 fully saturated rings. The van der Waals surface area contributed by atoms with E-state index >= 15 is 0 Å². The molecule has 0 unspecified atom stereocenters. The van der Waals surface area contributed by atoms with E-state index in [4.69, 9.17) is 17.3 Å². The standard InChI is InChI=1S/C13H17ClF2N2O.ClH/c14-10-3-4-12(19-13(15)16)9(6-10)7-18-5-1-2-11(17)8-18;/h3-4,6,11,13H,1-2,5,7-8,17H2;1H/t11-;/m1./s1. The van der Waals surface area contributed by atoms with Gasteiger partial charge in [-0.15, -0.1) is 12.4 Å². The van der Waals surface area contributed by atoms with Gasteiger partial charge >= 0.3 is 6.61 Å². The van der Waals surface area contributed by atoms with Crippen LogP contribution in [0.5, 0.6) is 5.75 Å². The second-order valence-electron chi connectivity index (χ2n) is 4.77. The molecule has 0 radical (unpaired) electrons. The molecule has 0 amide bonds. The van der Waals surface area contributed by atoms with Crippen molar-refractivity contribution < 1.29 is 13.5 Å². The molecule has 20 heavy (non-hydrogen) atoms. The normalized spacial score (nSPS) is 19.8. The minimum Gasteiger partial charge on any atom is -0.434 e. The number of halogens is 4. The third-order valence-electron chi connectivity index (χ3n) is 3.17. The first kappa shape index (κ1) is 17.4. The van der Waals surface area contributed by atoms with Gasteiger partial charge in [0.25, 0.3) is 0 Å². The van der Waals surface area contributed by atoms with Crippen molar-refractivity contribution in [3.63, 3.8) is 0 Å². The number of ether oxygens (including phenoxy) is 1. The molecule has 0 bridgehead atoms. The summed E-state index contributed by atoms with van der Waals surface area (Å²) in [6.07, 6.45) is 2.03. The van der Waals surface area contributed by atoms with E-state index in [-0.39, 0.29) is 24.2 Å². The third kappa shape index (κ3) is 5.05. The average Bonchev–Trinajstić information content (AvgIpc) is 2.32. The van der Waals surface area contributed by atoms with Crippen LogP contribution in [0, 0.1) is 0 Å². The molecule has 114 valence electrons. The van der Waals surface area contributed by atoms with Gasteiger partial charge in [0, 0.05) is 29.7 Å². The van der Waals surface area contributed by atoms with Gasteiger partial charge < -0.3 is 10.5 Å². The molecule has 2 rings (SSSR count). The summed E-state index contributed by atoms with van der Waals surface area (Å²) in [5.74, 6) is 0.179. The average molecular weight is 327 g/mol. The van der Waals surface area contributed by atoms with Gasteiger partial charge in [0.2, 0.25) is 0 Å². The maximum absolute atomic E-state index is 12.4. The number of nitrogens with two attached hydrogens (primary N) is 1. The Kier molecular flexibility index (Phi) is 6.95. The molecular weight excluding hydrogens is 309 g/mol. The van der Waals surface area contributed by atoms with Crippen molar-refractivity contribution in [1.82, 2.24) is 4.90 Å². The van der Waals surface area contributed by atoms with E-state index in [2.05, 4.69) is 9.64 Å². The summed E-state index contributed by atoms with van der Waals surface area (Å²) in [6, 6.07) is 4.84. The van der Waals surface area contributed by atoms with Crippen molar-refractivity contribution in [2.45, 2.75) is 32.0 Å². The summed E-state index contributed by atoms with van der Waals surface area (Å²) in [4.78, 5) is 2.14. The molecule has 3 nitrogen and oxygen atoms in total. The molecular formula is C13H18Cl2F2N2O. The van der Waals surface area contributed by atoms with Crippen molar-refractivity contribution in [3.8, 4) is 5.75 Å². The lowest BCUT2D eigenvalue weighted by Gasteiger charge is -2.31. The predicted octanol–water partition coefficient (Wildman–Crippen LogP) is 3.29. The Bertz CT molecular complexity index is 435. The number of rotatable bonds is 4. The zero-order valence-electron chi connectivity index (χ0n) is 10.9. The lowest BCUT2D eigenvalue weighted by atomic mass is 10.1. The maximum atomic E-state index is 12.4. The fourth-order valence-corrected chi connectivity index (χ4v) is 2.55. The molecule has 1 aromatic rings. The topological polar surface area (TPSA) is 38.5 Å². The summed E-state index contributed by atoms with van der Waals surface area (Å²) >= 11 is 5.91. The minimum atomic E-state index is -2.83. The van der Waals surface area contributed by atoms with Crippen molar-refractivity contribution in [3.05, 3.63) is 28.8 Å². The summed E-state index contributed by atoms with van der Waals surface area (Å²) in [7, 11) is 0. The van der Waals surface area contributed by atoms with E-state index in [9.17, 15) is 8.78 Å². The number of likely N-dealkylation sites (tertiary alicyclic amines) is 1. The van der Waals surface area contributed by atoms with Crippen LogP contribution in [-0.4, -0.2) is 30.6 Å². The fraction of sp³-hybridized carbons (Fsp3) is 0.538. The zero-order valence-corrected chi connectivity index (χ0v) is 12.5. The number of piperidine rings is 1. The Balaban J connectivity index is 0.00000200. The zero-order chi connectivity index (χ0) is 13.8. The molecule has 1 atom stereocenters. The van der Waals surface area contributed by atoms with Gasteiger partial charge in [-0.25, -0.2) is 0 Å². The van der Waals surface area contributed by atoms with Crippen LogP contribution < -0.4 is 10.5 Å². The number of hydrogen-bond acceptors (Lipinski definition) is 3. The van der Waals surface area contributed by atoms with Crippen molar-refractivity contribution >= 4 is 24.0 Å². The van der Waals surface area contributed by atoms with Crippen molar-refractivity contribution in [2.24, 2.45) is 5.73 Å². The van der Waals surface area contributed by atoms with Gasteiger partial charge in [-0.05, 0) is 37.6 Å². The van der Waals surface area contributed by atoms with E-state index in [0.29, 0.717) is 17.1 Å². The van der Waals surface area contributed by atoms with E-state index in [1.165, 1.54) is 6.07 Å². The van der Waals surface area contributed by atoms with Gasteiger partial charge in [0.05, 0.1) is 0 Å².